The number of hydrogen-bond acceptors (Lipinski definition) is 3. The van der Waals surface area contributed by atoms with Crippen LogP contribution in [0.25, 0.3) is 0 Å². The quantitative estimate of drug-likeness (QED) is 0.852. The number of aryl methyl sites for hydroxylation is 3. The number of aromatic nitrogens is 2. The van der Waals surface area contributed by atoms with Crippen LogP contribution in [0.4, 0.5) is 0 Å². The van der Waals surface area contributed by atoms with Gasteiger partial charge in [-0.2, -0.15) is 5.10 Å². The van der Waals surface area contributed by atoms with E-state index >= 15 is 0 Å². The maximum Gasteiger partial charge on any atom is 0.240 e. The molecule has 0 saturated heterocycles. The van der Waals surface area contributed by atoms with Crippen LogP contribution >= 0.6 is 0 Å². The van der Waals surface area contributed by atoms with Crippen LogP contribution < -0.4 is 4.72 Å². The predicted molar refractivity (Wildman–Crippen MR) is 87.1 cm³/mol. The molecule has 0 aliphatic rings. The van der Waals surface area contributed by atoms with E-state index in [9.17, 15) is 8.42 Å². The van der Waals surface area contributed by atoms with Crippen molar-refractivity contribution in [3.63, 3.8) is 0 Å². The first-order valence-electron chi connectivity index (χ1n) is 7.57. The van der Waals surface area contributed by atoms with Gasteiger partial charge in [0.1, 0.15) is 0 Å². The Morgan fingerprint density at radius 1 is 1.18 bits per heavy atom. The van der Waals surface area contributed by atoms with Crippen molar-refractivity contribution in [2.75, 3.05) is 0 Å². The standard InChI is InChI=1S/C16H23N3O2S/c1-4-6-14-7-9-16(10-8-14)22(20,21)17-11-15-12-19(5-2)18-13(15)3/h7-10,12,17H,4-6,11H2,1-3H3. The first kappa shape index (κ1) is 16.7. The Morgan fingerprint density at radius 3 is 2.41 bits per heavy atom. The summed E-state index contributed by atoms with van der Waals surface area (Å²) in [5.74, 6) is 0. The Hall–Kier alpha value is -1.66. The van der Waals surface area contributed by atoms with Gasteiger partial charge in [-0.25, -0.2) is 13.1 Å². The molecule has 6 heteroatoms. The van der Waals surface area contributed by atoms with E-state index in [1.54, 1.807) is 16.8 Å². The topological polar surface area (TPSA) is 64.0 Å². The third kappa shape index (κ3) is 3.96. The molecule has 0 atom stereocenters. The fourth-order valence-electron chi connectivity index (χ4n) is 2.27. The fourth-order valence-corrected chi connectivity index (χ4v) is 3.28. The van der Waals surface area contributed by atoms with E-state index in [0.717, 1.165) is 36.2 Å². The summed E-state index contributed by atoms with van der Waals surface area (Å²) in [6.45, 7) is 7.01. The molecule has 0 fully saturated rings. The van der Waals surface area contributed by atoms with Crippen LogP contribution in [-0.2, 0) is 29.5 Å². The average molecular weight is 321 g/mol. The molecular weight excluding hydrogens is 298 g/mol. The monoisotopic (exact) mass is 321 g/mol. The smallest absolute Gasteiger partial charge is 0.240 e. The molecule has 0 bridgehead atoms. The highest BCUT2D eigenvalue weighted by atomic mass is 32.2. The minimum Gasteiger partial charge on any atom is -0.272 e. The van der Waals surface area contributed by atoms with Gasteiger partial charge in [-0.05, 0) is 38.0 Å². The molecule has 0 saturated carbocycles. The zero-order valence-corrected chi connectivity index (χ0v) is 14.2. The lowest BCUT2D eigenvalue weighted by Gasteiger charge is -2.07. The molecular formula is C16H23N3O2S. The normalized spacial score (nSPS) is 11.8. The van der Waals surface area contributed by atoms with Gasteiger partial charge in [0.05, 0.1) is 10.6 Å². The van der Waals surface area contributed by atoms with E-state index in [1.807, 2.05) is 32.2 Å². The summed E-state index contributed by atoms with van der Waals surface area (Å²) in [5.41, 5.74) is 2.90. The Labute approximate surface area is 132 Å². The van der Waals surface area contributed by atoms with Crippen molar-refractivity contribution in [3.8, 4) is 0 Å². The van der Waals surface area contributed by atoms with Gasteiger partial charge in [0.15, 0.2) is 0 Å². The lowest BCUT2D eigenvalue weighted by molar-refractivity contribution is 0.581. The minimum absolute atomic E-state index is 0.255. The van der Waals surface area contributed by atoms with E-state index in [2.05, 4.69) is 16.7 Å². The second-order valence-corrected chi connectivity index (χ2v) is 7.08. The molecule has 2 aromatic rings. The highest BCUT2D eigenvalue weighted by molar-refractivity contribution is 7.89. The number of nitrogens with zero attached hydrogens (tertiary/aromatic N) is 2. The molecule has 120 valence electrons. The first-order valence-corrected chi connectivity index (χ1v) is 9.06. The zero-order valence-electron chi connectivity index (χ0n) is 13.3. The van der Waals surface area contributed by atoms with Crippen LogP contribution in [0, 0.1) is 6.92 Å². The van der Waals surface area contributed by atoms with Crippen LogP contribution in [0.15, 0.2) is 35.4 Å². The first-order chi connectivity index (χ1) is 10.5. The summed E-state index contributed by atoms with van der Waals surface area (Å²) in [5, 5.41) is 4.32. The Morgan fingerprint density at radius 2 is 1.86 bits per heavy atom. The number of sulfonamides is 1. The van der Waals surface area contributed by atoms with E-state index < -0.39 is 10.0 Å². The van der Waals surface area contributed by atoms with Gasteiger partial charge in [-0.15, -0.1) is 0 Å². The Bertz CT molecular complexity index is 718. The molecule has 0 aliphatic carbocycles. The van der Waals surface area contributed by atoms with Crippen LogP contribution in [0.3, 0.4) is 0 Å². The van der Waals surface area contributed by atoms with Crippen molar-refractivity contribution in [2.24, 2.45) is 0 Å². The van der Waals surface area contributed by atoms with E-state index in [1.165, 1.54) is 0 Å². The van der Waals surface area contributed by atoms with Crippen LogP contribution in [0.2, 0.25) is 0 Å². The molecule has 1 N–H and O–H groups in total. The van der Waals surface area contributed by atoms with Crippen LogP contribution in [0.1, 0.15) is 37.1 Å². The van der Waals surface area contributed by atoms with Gasteiger partial charge in [0, 0.05) is 24.8 Å². The van der Waals surface area contributed by atoms with Gasteiger partial charge in [-0.3, -0.25) is 4.68 Å². The van der Waals surface area contributed by atoms with E-state index in [-0.39, 0.29) is 6.54 Å². The van der Waals surface area contributed by atoms with Gasteiger partial charge in [0.25, 0.3) is 0 Å². The Kier molecular flexibility index (Phi) is 5.37. The van der Waals surface area contributed by atoms with Gasteiger partial charge in [-0.1, -0.05) is 25.5 Å². The second kappa shape index (κ2) is 7.07. The molecule has 0 radical (unpaired) electrons. The largest absolute Gasteiger partial charge is 0.272 e. The van der Waals surface area contributed by atoms with Crippen molar-refractivity contribution in [1.29, 1.82) is 0 Å². The predicted octanol–water partition coefficient (Wildman–Crippen LogP) is 2.64. The molecule has 0 amide bonds. The second-order valence-electron chi connectivity index (χ2n) is 5.31. The molecule has 1 aromatic carbocycles. The molecule has 0 unspecified atom stereocenters. The molecule has 22 heavy (non-hydrogen) atoms. The van der Waals surface area contributed by atoms with Crippen LogP contribution in [-0.4, -0.2) is 18.2 Å². The summed E-state index contributed by atoms with van der Waals surface area (Å²) in [4.78, 5) is 0.299. The lowest BCUT2D eigenvalue weighted by Crippen LogP contribution is -2.23. The van der Waals surface area contributed by atoms with Crippen molar-refractivity contribution in [3.05, 3.63) is 47.3 Å². The molecule has 1 heterocycles. The summed E-state index contributed by atoms with van der Waals surface area (Å²) in [6, 6.07) is 7.07. The molecule has 2 rings (SSSR count). The van der Waals surface area contributed by atoms with E-state index in [4.69, 9.17) is 0 Å². The van der Waals surface area contributed by atoms with E-state index in [0.29, 0.717) is 4.90 Å². The van der Waals surface area contributed by atoms with Gasteiger partial charge in [0.2, 0.25) is 10.0 Å². The number of nitrogens with one attached hydrogen (secondary N) is 1. The minimum atomic E-state index is -3.49. The third-order valence-corrected chi connectivity index (χ3v) is 5.01. The highest BCUT2D eigenvalue weighted by Crippen LogP contribution is 2.13. The van der Waals surface area contributed by atoms with Crippen molar-refractivity contribution < 1.29 is 8.42 Å². The van der Waals surface area contributed by atoms with Crippen molar-refractivity contribution in [2.45, 2.75) is 51.6 Å². The van der Waals surface area contributed by atoms with Crippen molar-refractivity contribution in [1.82, 2.24) is 14.5 Å². The maximum absolute atomic E-state index is 12.3. The summed E-state index contributed by atoms with van der Waals surface area (Å²) in [6.07, 6.45) is 3.89. The summed E-state index contributed by atoms with van der Waals surface area (Å²) in [7, 11) is -3.49. The molecule has 5 nitrogen and oxygen atoms in total. The third-order valence-electron chi connectivity index (χ3n) is 3.60. The SMILES string of the molecule is CCCc1ccc(S(=O)(=O)NCc2cn(CC)nc2C)cc1. The summed E-state index contributed by atoms with van der Waals surface area (Å²) >= 11 is 0. The van der Waals surface area contributed by atoms with Crippen molar-refractivity contribution >= 4 is 10.0 Å². The number of rotatable bonds is 7. The van der Waals surface area contributed by atoms with Crippen LogP contribution in [0.5, 0.6) is 0 Å². The molecule has 1 aromatic heterocycles. The lowest BCUT2D eigenvalue weighted by atomic mass is 10.1. The highest BCUT2D eigenvalue weighted by Gasteiger charge is 2.15. The number of hydrogen-bond donors (Lipinski definition) is 1. The fraction of sp³-hybridized carbons (Fsp3) is 0.438. The summed E-state index contributed by atoms with van der Waals surface area (Å²) < 4.78 is 29.1. The average Bonchev–Trinajstić information content (AvgIpc) is 2.87. The van der Waals surface area contributed by atoms with Gasteiger partial charge < -0.3 is 0 Å². The Balaban J connectivity index is 2.08. The van der Waals surface area contributed by atoms with Gasteiger partial charge >= 0.3 is 0 Å². The zero-order chi connectivity index (χ0) is 16.2. The molecule has 0 aliphatic heterocycles. The number of benzene rings is 1. The molecule has 0 spiro atoms. The maximum atomic E-state index is 12.3.